The van der Waals surface area contributed by atoms with Crippen LogP contribution in [0.1, 0.15) is 17.0 Å². The van der Waals surface area contributed by atoms with Crippen molar-refractivity contribution in [3.05, 3.63) is 63.8 Å². The lowest BCUT2D eigenvalue weighted by molar-refractivity contribution is -0.481. The molecule has 3 aromatic rings. The van der Waals surface area contributed by atoms with Crippen molar-refractivity contribution in [1.29, 1.82) is 0 Å². The minimum absolute atomic E-state index is 0.250. The topological polar surface area (TPSA) is 86.6 Å². The molecular formula is C19H20N2O5. The molecule has 7 nitrogen and oxygen atoms in total. The van der Waals surface area contributed by atoms with Gasteiger partial charge in [-0.1, -0.05) is 18.2 Å². The predicted octanol–water partition coefficient (Wildman–Crippen LogP) is 3.60. The Balaban J connectivity index is 2.19. The summed E-state index contributed by atoms with van der Waals surface area (Å²) in [5.41, 5.74) is 2.51. The zero-order valence-corrected chi connectivity index (χ0v) is 14.8. The van der Waals surface area contributed by atoms with Crippen LogP contribution in [0.15, 0.2) is 42.6 Å². The quantitative estimate of drug-likeness (QED) is 0.516. The molecule has 1 unspecified atom stereocenters. The van der Waals surface area contributed by atoms with Gasteiger partial charge in [0.1, 0.15) is 0 Å². The first-order valence-corrected chi connectivity index (χ1v) is 8.06. The van der Waals surface area contributed by atoms with Gasteiger partial charge >= 0.3 is 0 Å². The molecule has 7 heteroatoms. The smallest absolute Gasteiger partial charge is 0.214 e. The highest BCUT2D eigenvalue weighted by molar-refractivity contribution is 5.84. The molecule has 0 saturated heterocycles. The fraction of sp³-hybridized carbons (Fsp3) is 0.263. The van der Waals surface area contributed by atoms with Crippen LogP contribution in [0.3, 0.4) is 0 Å². The highest BCUT2D eigenvalue weighted by Crippen LogP contribution is 2.42. The van der Waals surface area contributed by atoms with Gasteiger partial charge in [-0.15, -0.1) is 0 Å². The van der Waals surface area contributed by atoms with Crippen LogP contribution >= 0.6 is 0 Å². The second kappa shape index (κ2) is 7.35. The van der Waals surface area contributed by atoms with Crippen molar-refractivity contribution in [3.63, 3.8) is 0 Å². The normalized spacial score (nSPS) is 12.0. The summed E-state index contributed by atoms with van der Waals surface area (Å²) in [4.78, 5) is 14.2. The molecule has 0 radical (unpaired) electrons. The highest BCUT2D eigenvalue weighted by Gasteiger charge is 2.26. The minimum atomic E-state index is -0.463. The van der Waals surface area contributed by atoms with E-state index < -0.39 is 5.92 Å². The third-order valence-electron chi connectivity index (χ3n) is 4.42. The number of para-hydroxylation sites is 1. The average molecular weight is 356 g/mol. The molecule has 136 valence electrons. The number of aromatic nitrogens is 1. The summed E-state index contributed by atoms with van der Waals surface area (Å²) in [5.74, 6) is 0.928. The fourth-order valence-electron chi connectivity index (χ4n) is 3.22. The lowest BCUT2D eigenvalue weighted by atomic mass is 9.90. The number of nitro groups is 1. The number of hydrogen-bond acceptors (Lipinski definition) is 5. The second-order valence-electron chi connectivity index (χ2n) is 5.82. The standard InChI is InChI=1S/C19H20N2O5/c1-24-17-8-12(9-18(25-2)19(17)26-3)15(11-21(22)23)14-10-20-16-7-5-4-6-13(14)16/h4-10,15,20H,11H2,1-3H3. The van der Waals surface area contributed by atoms with Gasteiger partial charge in [0.2, 0.25) is 12.3 Å². The Bertz CT molecular complexity index is 910. The molecule has 1 heterocycles. The van der Waals surface area contributed by atoms with E-state index in [-0.39, 0.29) is 11.5 Å². The number of aromatic amines is 1. The fourth-order valence-corrected chi connectivity index (χ4v) is 3.22. The van der Waals surface area contributed by atoms with E-state index in [0.29, 0.717) is 17.2 Å². The number of nitrogens with zero attached hydrogens (tertiary/aromatic N) is 1. The molecule has 2 aromatic carbocycles. The number of rotatable bonds is 7. The van der Waals surface area contributed by atoms with Crippen molar-refractivity contribution in [2.45, 2.75) is 5.92 Å². The van der Waals surface area contributed by atoms with Gasteiger partial charge in [-0.3, -0.25) is 10.1 Å². The maximum Gasteiger partial charge on any atom is 0.214 e. The van der Waals surface area contributed by atoms with E-state index in [1.807, 2.05) is 30.5 Å². The molecule has 0 aliphatic carbocycles. The third kappa shape index (κ3) is 3.15. The molecule has 1 atom stereocenters. The summed E-state index contributed by atoms with van der Waals surface area (Å²) in [5, 5.41) is 12.3. The van der Waals surface area contributed by atoms with Crippen LogP contribution < -0.4 is 14.2 Å². The first kappa shape index (κ1) is 17.6. The molecule has 0 bridgehead atoms. The Labute approximate surface area is 150 Å². The molecule has 0 fully saturated rings. The Morgan fingerprint density at radius 1 is 1.08 bits per heavy atom. The maximum atomic E-state index is 11.4. The summed E-state index contributed by atoms with van der Waals surface area (Å²) >= 11 is 0. The van der Waals surface area contributed by atoms with Gasteiger partial charge in [0.25, 0.3) is 0 Å². The van der Waals surface area contributed by atoms with E-state index >= 15 is 0 Å². The number of H-pyrrole nitrogens is 1. The van der Waals surface area contributed by atoms with Gasteiger partial charge in [0.15, 0.2) is 11.5 Å². The van der Waals surface area contributed by atoms with Gasteiger partial charge in [-0.05, 0) is 29.3 Å². The molecule has 0 spiro atoms. The second-order valence-corrected chi connectivity index (χ2v) is 5.82. The first-order chi connectivity index (χ1) is 12.6. The monoisotopic (exact) mass is 356 g/mol. The maximum absolute atomic E-state index is 11.4. The number of benzene rings is 2. The lowest BCUT2D eigenvalue weighted by Crippen LogP contribution is -2.14. The summed E-state index contributed by atoms with van der Waals surface area (Å²) < 4.78 is 16.1. The average Bonchev–Trinajstić information content (AvgIpc) is 3.08. The molecule has 1 aromatic heterocycles. The summed E-state index contributed by atoms with van der Waals surface area (Å²) in [6, 6.07) is 11.3. The van der Waals surface area contributed by atoms with E-state index in [0.717, 1.165) is 22.0 Å². The summed E-state index contributed by atoms with van der Waals surface area (Å²) in [6.45, 7) is -0.250. The van der Waals surface area contributed by atoms with Crippen LogP contribution in [0.2, 0.25) is 0 Å². The van der Waals surface area contributed by atoms with E-state index in [1.54, 1.807) is 12.1 Å². The molecule has 0 aliphatic heterocycles. The van der Waals surface area contributed by atoms with Crippen molar-refractivity contribution < 1.29 is 19.1 Å². The van der Waals surface area contributed by atoms with Gasteiger partial charge in [0.05, 0.1) is 27.2 Å². The van der Waals surface area contributed by atoms with Crippen LogP contribution in [-0.4, -0.2) is 37.8 Å². The number of nitrogens with one attached hydrogen (secondary N) is 1. The molecule has 26 heavy (non-hydrogen) atoms. The summed E-state index contributed by atoms with van der Waals surface area (Å²) in [7, 11) is 4.57. The SMILES string of the molecule is COc1cc(C(C[N+](=O)[O-])c2c[nH]c3ccccc23)cc(OC)c1OC. The Morgan fingerprint density at radius 3 is 2.31 bits per heavy atom. The first-order valence-electron chi connectivity index (χ1n) is 8.06. The van der Waals surface area contributed by atoms with Gasteiger partial charge in [-0.2, -0.15) is 0 Å². The van der Waals surface area contributed by atoms with Crippen molar-refractivity contribution >= 4 is 10.9 Å². The highest BCUT2D eigenvalue weighted by atomic mass is 16.6. The van der Waals surface area contributed by atoms with Gasteiger partial charge in [-0.25, -0.2) is 0 Å². The van der Waals surface area contributed by atoms with Crippen molar-refractivity contribution in [1.82, 2.24) is 4.98 Å². The van der Waals surface area contributed by atoms with Crippen LogP contribution in [0.5, 0.6) is 17.2 Å². The van der Waals surface area contributed by atoms with Crippen LogP contribution in [-0.2, 0) is 0 Å². The van der Waals surface area contributed by atoms with Crippen molar-refractivity contribution in [2.75, 3.05) is 27.9 Å². The number of fused-ring (bicyclic) bond motifs is 1. The third-order valence-corrected chi connectivity index (χ3v) is 4.42. The number of ether oxygens (including phenoxy) is 3. The van der Waals surface area contributed by atoms with Crippen LogP contribution in [0.4, 0.5) is 0 Å². The number of methoxy groups -OCH3 is 3. The van der Waals surface area contributed by atoms with Gasteiger partial charge in [0, 0.05) is 22.0 Å². The zero-order chi connectivity index (χ0) is 18.7. The van der Waals surface area contributed by atoms with Gasteiger partial charge < -0.3 is 19.2 Å². The van der Waals surface area contributed by atoms with Crippen LogP contribution in [0, 0.1) is 10.1 Å². The summed E-state index contributed by atoms with van der Waals surface area (Å²) in [6.07, 6.45) is 1.82. The van der Waals surface area contributed by atoms with E-state index in [2.05, 4.69) is 4.98 Å². The molecule has 0 amide bonds. The Morgan fingerprint density at radius 2 is 1.73 bits per heavy atom. The Kier molecular flexibility index (Phi) is 4.97. The molecular weight excluding hydrogens is 336 g/mol. The Hall–Kier alpha value is -3.22. The van der Waals surface area contributed by atoms with E-state index in [1.165, 1.54) is 21.3 Å². The minimum Gasteiger partial charge on any atom is -0.493 e. The molecule has 1 N–H and O–H groups in total. The van der Waals surface area contributed by atoms with E-state index in [4.69, 9.17) is 14.2 Å². The molecule has 3 rings (SSSR count). The molecule has 0 aliphatic rings. The predicted molar refractivity (Wildman–Crippen MR) is 98.1 cm³/mol. The zero-order valence-electron chi connectivity index (χ0n) is 14.8. The van der Waals surface area contributed by atoms with E-state index in [9.17, 15) is 10.1 Å². The number of hydrogen-bond donors (Lipinski definition) is 1. The molecule has 0 saturated carbocycles. The van der Waals surface area contributed by atoms with Crippen LogP contribution in [0.25, 0.3) is 10.9 Å². The lowest BCUT2D eigenvalue weighted by Gasteiger charge is -2.18. The largest absolute Gasteiger partial charge is 0.493 e. The van der Waals surface area contributed by atoms with Crippen molar-refractivity contribution in [3.8, 4) is 17.2 Å². The van der Waals surface area contributed by atoms with Crippen molar-refractivity contribution in [2.24, 2.45) is 0 Å².